The zero-order chi connectivity index (χ0) is 26.5. The topological polar surface area (TPSA) is 152 Å². The van der Waals surface area contributed by atoms with Gasteiger partial charge in [-0.25, -0.2) is 4.79 Å². The Kier molecular flexibility index (Phi) is 8.65. The van der Waals surface area contributed by atoms with E-state index >= 15 is 0 Å². The Labute approximate surface area is 218 Å². The van der Waals surface area contributed by atoms with Crippen LogP contribution in [0.2, 0.25) is 10.0 Å². The monoisotopic (exact) mass is 535 g/mol. The second-order valence-corrected chi connectivity index (χ2v) is 9.97. The van der Waals surface area contributed by atoms with Crippen LogP contribution in [0.25, 0.3) is 0 Å². The van der Waals surface area contributed by atoms with Gasteiger partial charge in [0.15, 0.2) is 5.96 Å². The molecule has 12 heteroatoms. The van der Waals surface area contributed by atoms with E-state index in [2.05, 4.69) is 40.1 Å². The fraction of sp³-hybridized carbons (Fsp3) is 0.333. The van der Waals surface area contributed by atoms with Gasteiger partial charge in [-0.15, -0.1) is 0 Å². The maximum atomic E-state index is 12.6. The molecule has 1 aliphatic heterocycles. The summed E-state index contributed by atoms with van der Waals surface area (Å²) in [5.41, 5.74) is 1.17. The van der Waals surface area contributed by atoms with Crippen LogP contribution in [-0.4, -0.2) is 59.6 Å². The van der Waals surface area contributed by atoms with E-state index in [1.807, 2.05) is 0 Å². The first-order chi connectivity index (χ1) is 16.9. The highest BCUT2D eigenvalue weighted by molar-refractivity contribution is 6.35. The van der Waals surface area contributed by atoms with Crippen molar-refractivity contribution < 1.29 is 24.6 Å². The number of benzene rings is 2. The molecular weight excluding hydrogens is 509 g/mol. The van der Waals surface area contributed by atoms with E-state index in [4.69, 9.17) is 23.2 Å². The van der Waals surface area contributed by atoms with Gasteiger partial charge >= 0.3 is 5.97 Å². The van der Waals surface area contributed by atoms with Gasteiger partial charge in [0.2, 0.25) is 5.91 Å². The Bertz CT molecular complexity index is 1200. The molecule has 1 atom stereocenters. The number of nitrogens with zero attached hydrogens (tertiary/aromatic N) is 1. The number of rotatable bonds is 8. The minimum atomic E-state index is -1.38. The molecule has 1 aliphatic rings. The fourth-order valence-electron chi connectivity index (χ4n) is 3.39. The Hall–Kier alpha value is -3.50. The number of carbonyl (C=O) groups excluding carboxylic acids is 2. The van der Waals surface area contributed by atoms with Gasteiger partial charge in [0.25, 0.3) is 5.91 Å². The van der Waals surface area contributed by atoms with Crippen molar-refractivity contribution >= 4 is 52.6 Å². The zero-order valence-electron chi connectivity index (χ0n) is 19.7. The third kappa shape index (κ3) is 7.50. The molecule has 0 spiro atoms. The standard InChI is InChI=1S/C24H27Cl2N5O5/c1-24(2)11-28-23(29-12-24)30-16-5-3-4-13(7-16)21(34)27-10-19(32)31-18(22(35)36)8-14-6-15(25)9-17(26)20(14)33/h3-7,9,18,33H,8,10-12H2,1-2H3,(H,27,34)(H,31,32)(H,35,36)(H2,28,29,30). The number of aliphatic carboxylic acids is 1. The van der Waals surface area contributed by atoms with Crippen LogP contribution >= 0.6 is 23.2 Å². The lowest BCUT2D eigenvalue weighted by molar-refractivity contribution is -0.141. The number of amides is 2. The number of anilines is 1. The number of aromatic hydroxyl groups is 1. The molecule has 2 aromatic carbocycles. The molecule has 10 nitrogen and oxygen atoms in total. The number of aliphatic imine (C=N–C) groups is 1. The average Bonchev–Trinajstić information content (AvgIpc) is 2.81. The number of carbonyl (C=O) groups is 3. The van der Waals surface area contributed by atoms with E-state index in [1.165, 1.54) is 12.1 Å². The molecule has 2 amide bonds. The van der Waals surface area contributed by atoms with Gasteiger partial charge in [-0.2, -0.15) is 0 Å². The van der Waals surface area contributed by atoms with Crippen molar-refractivity contribution in [3.05, 3.63) is 57.6 Å². The van der Waals surface area contributed by atoms with Gasteiger partial charge in [0, 0.05) is 41.2 Å². The van der Waals surface area contributed by atoms with Gasteiger partial charge in [-0.1, -0.05) is 43.1 Å². The highest BCUT2D eigenvalue weighted by Crippen LogP contribution is 2.32. The molecule has 36 heavy (non-hydrogen) atoms. The van der Waals surface area contributed by atoms with E-state index in [9.17, 15) is 24.6 Å². The van der Waals surface area contributed by atoms with Crippen molar-refractivity contribution in [1.29, 1.82) is 0 Å². The minimum absolute atomic E-state index is 0.0351. The molecule has 0 bridgehead atoms. The summed E-state index contributed by atoms with van der Waals surface area (Å²) in [6.45, 7) is 5.19. The third-order valence-electron chi connectivity index (χ3n) is 5.36. The largest absolute Gasteiger partial charge is 0.506 e. The molecule has 2 aromatic rings. The summed E-state index contributed by atoms with van der Waals surface area (Å²) in [6.07, 6.45) is -0.260. The highest BCUT2D eigenvalue weighted by Gasteiger charge is 2.24. The van der Waals surface area contributed by atoms with Crippen LogP contribution in [0.1, 0.15) is 29.8 Å². The molecule has 6 N–H and O–H groups in total. The summed E-state index contributed by atoms with van der Waals surface area (Å²) in [5, 5.41) is 30.9. The molecule has 1 heterocycles. The SMILES string of the molecule is CC1(C)CN=C(Nc2cccc(C(=O)NCC(=O)NC(Cc3cc(Cl)cc(Cl)c3O)C(=O)O)c2)NC1. The molecule has 0 aromatic heterocycles. The fourth-order valence-corrected chi connectivity index (χ4v) is 3.92. The second-order valence-electron chi connectivity index (χ2n) is 9.13. The molecule has 0 radical (unpaired) electrons. The van der Waals surface area contributed by atoms with Crippen molar-refractivity contribution in [1.82, 2.24) is 16.0 Å². The number of carboxylic acids is 1. The average molecular weight is 536 g/mol. The summed E-state index contributed by atoms with van der Waals surface area (Å²) in [5.74, 6) is -2.27. The van der Waals surface area contributed by atoms with Crippen LogP contribution in [0.4, 0.5) is 5.69 Å². The zero-order valence-corrected chi connectivity index (χ0v) is 21.2. The quantitative estimate of drug-likeness (QED) is 0.303. The van der Waals surface area contributed by atoms with E-state index in [-0.39, 0.29) is 33.2 Å². The molecule has 0 aliphatic carbocycles. The molecule has 0 saturated carbocycles. The van der Waals surface area contributed by atoms with Crippen LogP contribution in [0, 0.1) is 5.41 Å². The van der Waals surface area contributed by atoms with Crippen LogP contribution in [-0.2, 0) is 16.0 Å². The highest BCUT2D eigenvalue weighted by atomic mass is 35.5. The third-order valence-corrected chi connectivity index (χ3v) is 5.87. The molecule has 0 fully saturated rings. The van der Waals surface area contributed by atoms with Gasteiger partial charge < -0.3 is 31.5 Å². The first-order valence-corrected chi connectivity index (χ1v) is 11.8. The van der Waals surface area contributed by atoms with Crippen LogP contribution in [0.5, 0.6) is 5.75 Å². The summed E-state index contributed by atoms with van der Waals surface area (Å²) < 4.78 is 0. The van der Waals surface area contributed by atoms with Gasteiger partial charge in [-0.05, 0) is 35.9 Å². The predicted molar refractivity (Wildman–Crippen MR) is 138 cm³/mol. The van der Waals surface area contributed by atoms with E-state index in [0.717, 1.165) is 6.54 Å². The molecule has 3 rings (SSSR count). The molecule has 1 unspecified atom stereocenters. The normalized spacial score (nSPS) is 15.2. The number of guanidine groups is 1. The lowest BCUT2D eigenvalue weighted by atomic mass is 9.93. The maximum Gasteiger partial charge on any atom is 0.326 e. The van der Waals surface area contributed by atoms with Crippen molar-refractivity contribution in [2.75, 3.05) is 25.0 Å². The number of carboxylic acid groups (broad SMARTS) is 1. The summed E-state index contributed by atoms with van der Waals surface area (Å²) in [7, 11) is 0. The minimum Gasteiger partial charge on any atom is -0.506 e. The lowest BCUT2D eigenvalue weighted by Crippen LogP contribution is -2.46. The van der Waals surface area contributed by atoms with Crippen molar-refractivity contribution in [2.24, 2.45) is 10.4 Å². The van der Waals surface area contributed by atoms with Crippen LogP contribution in [0.15, 0.2) is 41.4 Å². The second kappa shape index (κ2) is 11.5. The van der Waals surface area contributed by atoms with Crippen molar-refractivity contribution in [3.8, 4) is 5.75 Å². The number of hydrogen-bond acceptors (Lipinski definition) is 7. The van der Waals surface area contributed by atoms with Crippen LogP contribution in [0.3, 0.4) is 0 Å². The van der Waals surface area contributed by atoms with Crippen molar-refractivity contribution in [3.63, 3.8) is 0 Å². The maximum absolute atomic E-state index is 12.6. The van der Waals surface area contributed by atoms with E-state index < -0.39 is 30.4 Å². The first-order valence-electron chi connectivity index (χ1n) is 11.1. The number of hydrogen-bond donors (Lipinski definition) is 6. The summed E-state index contributed by atoms with van der Waals surface area (Å²) in [6, 6.07) is 7.97. The Morgan fingerprint density at radius 3 is 2.61 bits per heavy atom. The Morgan fingerprint density at radius 2 is 1.94 bits per heavy atom. The van der Waals surface area contributed by atoms with Gasteiger partial charge in [0.1, 0.15) is 11.8 Å². The van der Waals surface area contributed by atoms with E-state index in [1.54, 1.807) is 24.3 Å². The molecule has 192 valence electrons. The van der Waals surface area contributed by atoms with Gasteiger partial charge in [-0.3, -0.25) is 14.6 Å². The Morgan fingerprint density at radius 1 is 1.19 bits per heavy atom. The van der Waals surface area contributed by atoms with Crippen LogP contribution < -0.4 is 21.3 Å². The van der Waals surface area contributed by atoms with Crippen molar-refractivity contribution in [2.45, 2.75) is 26.3 Å². The number of phenolic OH excluding ortho intramolecular Hbond substituents is 1. The van der Waals surface area contributed by atoms with E-state index in [0.29, 0.717) is 23.8 Å². The number of halogens is 2. The lowest BCUT2D eigenvalue weighted by Gasteiger charge is -2.29. The predicted octanol–water partition coefficient (Wildman–Crippen LogP) is 2.64. The number of phenols is 1. The molecule has 0 saturated heterocycles. The summed E-state index contributed by atoms with van der Waals surface area (Å²) >= 11 is 11.8. The van der Waals surface area contributed by atoms with Gasteiger partial charge in [0.05, 0.1) is 11.6 Å². The summed E-state index contributed by atoms with van der Waals surface area (Å²) in [4.78, 5) is 41.0. The first kappa shape index (κ1) is 27.1. The number of nitrogens with one attached hydrogen (secondary N) is 4. The smallest absolute Gasteiger partial charge is 0.326 e. The molecular formula is C24H27Cl2N5O5. The Balaban J connectivity index is 1.56.